The average molecular weight is 390 g/mol. The number of rotatable bonds is 7. The van der Waals surface area contributed by atoms with Gasteiger partial charge in [0.2, 0.25) is 11.8 Å². The molecule has 0 aliphatic carbocycles. The molecule has 7 heteroatoms. The lowest BCUT2D eigenvalue weighted by Crippen LogP contribution is -2.38. The summed E-state index contributed by atoms with van der Waals surface area (Å²) in [5.74, 6) is 1.46. The van der Waals surface area contributed by atoms with E-state index in [1.54, 1.807) is 11.9 Å². The van der Waals surface area contributed by atoms with Gasteiger partial charge in [-0.25, -0.2) is 0 Å². The van der Waals surface area contributed by atoms with Crippen molar-refractivity contribution in [3.05, 3.63) is 54.6 Å². The van der Waals surface area contributed by atoms with Crippen molar-refractivity contribution in [2.24, 2.45) is 0 Å². The molecule has 6 nitrogen and oxygen atoms in total. The number of amides is 2. The molecule has 0 radical (unpaired) electrons. The second-order valence-corrected chi connectivity index (χ2v) is 6.24. The monoisotopic (exact) mass is 389 g/mol. The molecule has 1 aliphatic rings. The molecular weight excluding hydrogens is 366 g/mol. The lowest BCUT2D eigenvalue weighted by molar-refractivity contribution is -0.121. The van der Waals surface area contributed by atoms with Gasteiger partial charge in [0.25, 0.3) is 0 Å². The number of anilines is 1. The second-order valence-electron chi connectivity index (χ2n) is 6.24. The van der Waals surface area contributed by atoms with E-state index in [1.807, 2.05) is 54.6 Å². The summed E-state index contributed by atoms with van der Waals surface area (Å²) in [4.78, 5) is 25.8. The standard InChI is InChI=1S/C20H23N3O3.ClH/c1-21-12-11-19(24)22-15-13-20(25)23(14-15)16-7-9-18(10-8-16)26-17-5-3-2-4-6-17;/h2-10,15,21H,11-14H2,1H3,(H,22,24);1H. The van der Waals surface area contributed by atoms with E-state index in [2.05, 4.69) is 10.6 Å². The van der Waals surface area contributed by atoms with Crippen molar-refractivity contribution in [1.82, 2.24) is 10.6 Å². The SMILES string of the molecule is CNCCC(=O)NC1CC(=O)N(c2ccc(Oc3ccccc3)cc2)C1.Cl. The van der Waals surface area contributed by atoms with Gasteiger partial charge in [0.15, 0.2) is 0 Å². The molecule has 2 amide bonds. The van der Waals surface area contributed by atoms with E-state index in [0.29, 0.717) is 31.7 Å². The maximum absolute atomic E-state index is 12.3. The van der Waals surface area contributed by atoms with Crippen LogP contribution in [0.2, 0.25) is 0 Å². The van der Waals surface area contributed by atoms with Crippen LogP contribution in [0.15, 0.2) is 54.6 Å². The molecule has 1 atom stereocenters. The van der Waals surface area contributed by atoms with Crippen LogP contribution >= 0.6 is 12.4 Å². The van der Waals surface area contributed by atoms with Crippen molar-refractivity contribution in [2.75, 3.05) is 25.0 Å². The van der Waals surface area contributed by atoms with Crippen LogP contribution in [0, 0.1) is 0 Å². The number of benzene rings is 2. The molecule has 1 fully saturated rings. The Morgan fingerprint density at radius 1 is 1.11 bits per heavy atom. The third kappa shape index (κ3) is 5.70. The lowest BCUT2D eigenvalue weighted by atomic mass is 10.2. The van der Waals surface area contributed by atoms with Crippen molar-refractivity contribution < 1.29 is 14.3 Å². The highest BCUT2D eigenvalue weighted by Crippen LogP contribution is 2.26. The first-order chi connectivity index (χ1) is 12.7. The first-order valence-corrected chi connectivity index (χ1v) is 8.73. The molecule has 1 unspecified atom stereocenters. The van der Waals surface area contributed by atoms with Gasteiger partial charge >= 0.3 is 0 Å². The van der Waals surface area contributed by atoms with Crippen LogP contribution in [0.3, 0.4) is 0 Å². The number of ether oxygens (including phenoxy) is 1. The number of carbonyl (C=O) groups excluding carboxylic acids is 2. The van der Waals surface area contributed by atoms with Crippen LogP contribution < -0.4 is 20.3 Å². The summed E-state index contributed by atoms with van der Waals surface area (Å²) in [5.41, 5.74) is 0.808. The van der Waals surface area contributed by atoms with E-state index in [-0.39, 0.29) is 30.3 Å². The zero-order valence-corrected chi connectivity index (χ0v) is 16.0. The Balaban J connectivity index is 0.00000261. The Kier molecular flexibility index (Phi) is 7.64. The molecule has 0 saturated carbocycles. The van der Waals surface area contributed by atoms with Crippen LogP contribution in [0.5, 0.6) is 11.5 Å². The fourth-order valence-corrected chi connectivity index (χ4v) is 2.91. The van der Waals surface area contributed by atoms with Crippen LogP contribution in [-0.4, -0.2) is 38.0 Å². The molecule has 1 saturated heterocycles. The third-order valence-electron chi connectivity index (χ3n) is 4.22. The van der Waals surface area contributed by atoms with Gasteiger partial charge in [-0.3, -0.25) is 9.59 Å². The molecular formula is C20H24ClN3O3. The number of halogens is 1. The van der Waals surface area contributed by atoms with Crippen molar-refractivity contribution in [3.8, 4) is 11.5 Å². The number of hydrogen-bond acceptors (Lipinski definition) is 4. The molecule has 0 aromatic heterocycles. The summed E-state index contributed by atoms with van der Waals surface area (Å²) >= 11 is 0. The molecule has 0 bridgehead atoms. The maximum atomic E-state index is 12.3. The summed E-state index contributed by atoms with van der Waals surface area (Å²) < 4.78 is 5.77. The second kappa shape index (κ2) is 9.94. The van der Waals surface area contributed by atoms with Gasteiger partial charge in [0, 0.05) is 31.6 Å². The highest BCUT2D eigenvalue weighted by molar-refractivity contribution is 5.96. The molecule has 144 valence electrons. The third-order valence-corrected chi connectivity index (χ3v) is 4.22. The van der Waals surface area contributed by atoms with Crippen molar-refractivity contribution in [3.63, 3.8) is 0 Å². The van der Waals surface area contributed by atoms with Crippen molar-refractivity contribution in [1.29, 1.82) is 0 Å². The van der Waals surface area contributed by atoms with Crippen LogP contribution in [0.1, 0.15) is 12.8 Å². The van der Waals surface area contributed by atoms with E-state index in [0.717, 1.165) is 11.4 Å². The molecule has 2 aromatic carbocycles. The summed E-state index contributed by atoms with van der Waals surface area (Å²) in [6.45, 7) is 1.11. The van der Waals surface area contributed by atoms with Gasteiger partial charge in [-0.1, -0.05) is 18.2 Å². The van der Waals surface area contributed by atoms with Crippen LogP contribution in [0.4, 0.5) is 5.69 Å². The number of nitrogens with zero attached hydrogens (tertiary/aromatic N) is 1. The lowest BCUT2D eigenvalue weighted by Gasteiger charge is -2.18. The first-order valence-electron chi connectivity index (χ1n) is 8.73. The molecule has 1 heterocycles. The number of para-hydroxylation sites is 1. The highest BCUT2D eigenvalue weighted by Gasteiger charge is 2.31. The van der Waals surface area contributed by atoms with Gasteiger partial charge in [-0.2, -0.15) is 0 Å². The minimum atomic E-state index is -0.146. The highest BCUT2D eigenvalue weighted by atomic mass is 35.5. The number of nitrogens with one attached hydrogen (secondary N) is 2. The van der Waals surface area contributed by atoms with Gasteiger partial charge < -0.3 is 20.3 Å². The number of hydrogen-bond donors (Lipinski definition) is 2. The fourth-order valence-electron chi connectivity index (χ4n) is 2.91. The van der Waals surface area contributed by atoms with Gasteiger partial charge in [-0.15, -0.1) is 12.4 Å². The summed E-state index contributed by atoms with van der Waals surface area (Å²) in [6, 6.07) is 16.8. The first kappa shape index (κ1) is 20.7. The van der Waals surface area contributed by atoms with E-state index < -0.39 is 0 Å². The zero-order valence-electron chi connectivity index (χ0n) is 15.2. The molecule has 1 aliphatic heterocycles. The summed E-state index contributed by atoms with van der Waals surface area (Å²) in [7, 11) is 1.80. The van der Waals surface area contributed by atoms with Crippen LogP contribution in [-0.2, 0) is 9.59 Å². The predicted molar refractivity (Wildman–Crippen MR) is 108 cm³/mol. The predicted octanol–water partition coefficient (Wildman–Crippen LogP) is 2.73. The Labute approximate surface area is 165 Å². The summed E-state index contributed by atoms with van der Waals surface area (Å²) in [6.07, 6.45) is 0.736. The van der Waals surface area contributed by atoms with Crippen LogP contribution in [0.25, 0.3) is 0 Å². The topological polar surface area (TPSA) is 70.7 Å². The van der Waals surface area contributed by atoms with Crippen molar-refractivity contribution in [2.45, 2.75) is 18.9 Å². The average Bonchev–Trinajstić information content (AvgIpc) is 3.01. The Bertz CT molecular complexity index is 753. The largest absolute Gasteiger partial charge is 0.457 e. The smallest absolute Gasteiger partial charge is 0.229 e. The normalized spacial score (nSPS) is 16.0. The summed E-state index contributed by atoms with van der Waals surface area (Å²) in [5, 5.41) is 5.86. The Morgan fingerprint density at radius 3 is 2.44 bits per heavy atom. The quantitative estimate of drug-likeness (QED) is 0.763. The van der Waals surface area contributed by atoms with E-state index in [4.69, 9.17) is 4.74 Å². The zero-order chi connectivity index (χ0) is 18.4. The van der Waals surface area contributed by atoms with Gasteiger partial charge in [0.05, 0.1) is 6.04 Å². The Hall–Kier alpha value is -2.57. The molecule has 27 heavy (non-hydrogen) atoms. The Morgan fingerprint density at radius 2 is 1.78 bits per heavy atom. The van der Waals surface area contributed by atoms with Gasteiger partial charge in [0.1, 0.15) is 11.5 Å². The molecule has 2 aromatic rings. The van der Waals surface area contributed by atoms with E-state index >= 15 is 0 Å². The van der Waals surface area contributed by atoms with Crippen molar-refractivity contribution >= 4 is 29.9 Å². The molecule has 3 rings (SSSR count). The number of carbonyl (C=O) groups is 2. The minimum absolute atomic E-state index is 0. The maximum Gasteiger partial charge on any atom is 0.229 e. The minimum Gasteiger partial charge on any atom is -0.457 e. The fraction of sp³-hybridized carbons (Fsp3) is 0.300. The van der Waals surface area contributed by atoms with E-state index in [1.165, 1.54) is 0 Å². The molecule has 2 N–H and O–H groups in total. The molecule has 0 spiro atoms. The van der Waals surface area contributed by atoms with E-state index in [9.17, 15) is 9.59 Å². The van der Waals surface area contributed by atoms with Gasteiger partial charge in [-0.05, 0) is 43.4 Å².